The van der Waals surface area contributed by atoms with Gasteiger partial charge in [0, 0.05) is 32.7 Å². The van der Waals surface area contributed by atoms with Crippen molar-refractivity contribution < 1.29 is 9.84 Å². The first kappa shape index (κ1) is 16.0. The Morgan fingerprint density at radius 3 is 2.90 bits per heavy atom. The topological polar surface area (TPSA) is 44.7 Å². The highest BCUT2D eigenvalue weighted by Crippen LogP contribution is 2.21. The predicted molar refractivity (Wildman–Crippen MR) is 85.9 cm³/mol. The Kier molecular flexibility index (Phi) is 6.23. The largest absolute Gasteiger partial charge is 0.491 e. The summed E-state index contributed by atoms with van der Waals surface area (Å²) >= 11 is 0. The van der Waals surface area contributed by atoms with Crippen molar-refractivity contribution in [3.63, 3.8) is 0 Å². The fraction of sp³-hybridized carbons (Fsp3) is 0.529. The van der Waals surface area contributed by atoms with Gasteiger partial charge in [-0.1, -0.05) is 23.8 Å². The molecule has 0 spiro atoms. The van der Waals surface area contributed by atoms with Crippen molar-refractivity contribution in [3.8, 4) is 5.75 Å². The van der Waals surface area contributed by atoms with Crippen LogP contribution in [-0.2, 0) is 6.42 Å². The zero-order valence-corrected chi connectivity index (χ0v) is 12.8. The maximum Gasteiger partial charge on any atom is 0.122 e. The SMILES string of the molecule is C=CCc1cc(C)ccc1OC[C@H](O)CN1CCNCC1. The zero-order chi connectivity index (χ0) is 15.1. The number of β-amino-alcohol motifs (C(OH)–C–C–N with tert-alkyl or cyclic N) is 1. The van der Waals surface area contributed by atoms with Gasteiger partial charge in [0.05, 0.1) is 0 Å². The maximum absolute atomic E-state index is 10.1. The molecular formula is C17H26N2O2. The van der Waals surface area contributed by atoms with E-state index in [0.29, 0.717) is 13.2 Å². The molecular weight excluding hydrogens is 264 g/mol. The summed E-state index contributed by atoms with van der Waals surface area (Å²) in [5.41, 5.74) is 2.33. The van der Waals surface area contributed by atoms with E-state index in [1.54, 1.807) is 0 Å². The number of ether oxygens (including phenoxy) is 1. The highest BCUT2D eigenvalue weighted by molar-refractivity contribution is 5.38. The summed E-state index contributed by atoms with van der Waals surface area (Å²) in [4.78, 5) is 2.27. The Morgan fingerprint density at radius 1 is 1.43 bits per heavy atom. The normalized spacial score (nSPS) is 17.4. The van der Waals surface area contributed by atoms with Crippen LogP contribution in [-0.4, -0.2) is 55.4 Å². The lowest BCUT2D eigenvalue weighted by atomic mass is 10.1. The van der Waals surface area contributed by atoms with Gasteiger partial charge in [-0.2, -0.15) is 0 Å². The van der Waals surface area contributed by atoms with Crippen LogP contribution in [0.2, 0.25) is 0 Å². The molecule has 1 saturated heterocycles. The molecule has 0 unspecified atom stereocenters. The molecule has 4 heteroatoms. The summed E-state index contributed by atoms with van der Waals surface area (Å²) < 4.78 is 5.81. The Balaban J connectivity index is 1.85. The third-order valence-corrected chi connectivity index (χ3v) is 3.69. The average Bonchev–Trinajstić information content (AvgIpc) is 2.48. The summed E-state index contributed by atoms with van der Waals surface area (Å²) in [6, 6.07) is 6.12. The summed E-state index contributed by atoms with van der Waals surface area (Å²) in [5.74, 6) is 0.847. The second kappa shape index (κ2) is 8.17. The molecule has 0 aliphatic carbocycles. The molecule has 21 heavy (non-hydrogen) atoms. The number of aliphatic hydroxyl groups excluding tert-OH is 1. The number of nitrogens with one attached hydrogen (secondary N) is 1. The number of nitrogens with zero attached hydrogens (tertiary/aromatic N) is 1. The third kappa shape index (κ3) is 5.16. The van der Waals surface area contributed by atoms with Gasteiger partial charge >= 0.3 is 0 Å². The molecule has 0 radical (unpaired) electrons. The van der Waals surface area contributed by atoms with E-state index in [0.717, 1.165) is 43.9 Å². The minimum atomic E-state index is -0.457. The molecule has 1 aliphatic heterocycles. The number of hydrogen-bond acceptors (Lipinski definition) is 4. The number of piperazine rings is 1. The quantitative estimate of drug-likeness (QED) is 0.745. The van der Waals surface area contributed by atoms with E-state index in [4.69, 9.17) is 4.74 Å². The molecule has 1 aromatic carbocycles. The molecule has 4 nitrogen and oxygen atoms in total. The minimum Gasteiger partial charge on any atom is -0.491 e. The lowest BCUT2D eigenvalue weighted by molar-refractivity contribution is 0.0638. The van der Waals surface area contributed by atoms with Crippen molar-refractivity contribution in [1.29, 1.82) is 0 Å². The summed E-state index contributed by atoms with van der Waals surface area (Å²) in [7, 11) is 0. The second-order valence-corrected chi connectivity index (χ2v) is 5.62. The molecule has 0 amide bonds. The molecule has 2 N–H and O–H groups in total. The van der Waals surface area contributed by atoms with Crippen molar-refractivity contribution in [2.45, 2.75) is 19.4 Å². The zero-order valence-electron chi connectivity index (χ0n) is 12.8. The van der Waals surface area contributed by atoms with Crippen molar-refractivity contribution >= 4 is 0 Å². The number of aliphatic hydroxyl groups is 1. The fourth-order valence-electron chi connectivity index (χ4n) is 2.59. The summed E-state index contributed by atoms with van der Waals surface area (Å²) in [6.07, 6.45) is 2.20. The first-order chi connectivity index (χ1) is 10.2. The molecule has 1 aliphatic rings. The van der Waals surface area contributed by atoms with E-state index in [-0.39, 0.29) is 0 Å². The highest BCUT2D eigenvalue weighted by Gasteiger charge is 2.15. The van der Waals surface area contributed by atoms with Gasteiger partial charge in [0.25, 0.3) is 0 Å². The van der Waals surface area contributed by atoms with Gasteiger partial charge in [-0.05, 0) is 25.0 Å². The van der Waals surface area contributed by atoms with Gasteiger partial charge in [-0.3, -0.25) is 4.90 Å². The molecule has 0 aromatic heterocycles. The van der Waals surface area contributed by atoms with E-state index in [1.165, 1.54) is 5.56 Å². The summed E-state index contributed by atoms with van der Waals surface area (Å²) in [5, 5.41) is 13.4. The standard InChI is InChI=1S/C17H26N2O2/c1-3-4-15-11-14(2)5-6-17(15)21-13-16(20)12-19-9-7-18-8-10-19/h3,5-6,11,16,18,20H,1,4,7-10,12-13H2,2H3/t16-/m1/s1. The Hall–Kier alpha value is -1.36. The van der Waals surface area contributed by atoms with Crippen molar-refractivity contribution in [2.24, 2.45) is 0 Å². The van der Waals surface area contributed by atoms with Gasteiger partial charge in [0.15, 0.2) is 0 Å². The molecule has 1 fully saturated rings. The number of rotatable bonds is 7. The number of allylic oxidation sites excluding steroid dienone is 1. The summed E-state index contributed by atoms with van der Waals surface area (Å²) in [6.45, 7) is 10.8. The van der Waals surface area contributed by atoms with Crippen LogP contribution in [0.5, 0.6) is 5.75 Å². The van der Waals surface area contributed by atoms with Crippen LogP contribution in [0, 0.1) is 6.92 Å². The predicted octanol–water partition coefficient (Wildman–Crippen LogP) is 1.37. The average molecular weight is 290 g/mol. The van der Waals surface area contributed by atoms with Crippen LogP contribution in [0.25, 0.3) is 0 Å². The van der Waals surface area contributed by atoms with Crippen molar-refractivity contribution in [1.82, 2.24) is 10.2 Å². The van der Waals surface area contributed by atoms with Crippen molar-refractivity contribution in [2.75, 3.05) is 39.3 Å². The molecule has 1 heterocycles. The van der Waals surface area contributed by atoms with Crippen LogP contribution >= 0.6 is 0 Å². The molecule has 1 atom stereocenters. The Labute approximate surface area is 127 Å². The number of hydrogen-bond donors (Lipinski definition) is 2. The smallest absolute Gasteiger partial charge is 0.122 e. The fourth-order valence-corrected chi connectivity index (χ4v) is 2.59. The van der Waals surface area contributed by atoms with E-state index in [9.17, 15) is 5.11 Å². The molecule has 116 valence electrons. The second-order valence-electron chi connectivity index (χ2n) is 5.62. The third-order valence-electron chi connectivity index (χ3n) is 3.69. The van der Waals surface area contributed by atoms with Crippen LogP contribution in [0.4, 0.5) is 0 Å². The van der Waals surface area contributed by atoms with Gasteiger partial charge in [0.1, 0.15) is 18.5 Å². The van der Waals surface area contributed by atoms with E-state index >= 15 is 0 Å². The van der Waals surface area contributed by atoms with E-state index in [1.807, 2.05) is 18.2 Å². The van der Waals surface area contributed by atoms with Crippen LogP contribution in [0.3, 0.4) is 0 Å². The Morgan fingerprint density at radius 2 is 2.19 bits per heavy atom. The van der Waals surface area contributed by atoms with E-state index < -0.39 is 6.10 Å². The van der Waals surface area contributed by atoms with Crippen molar-refractivity contribution in [3.05, 3.63) is 42.0 Å². The molecule has 2 rings (SSSR count). The number of benzene rings is 1. The lowest BCUT2D eigenvalue weighted by Gasteiger charge is -2.29. The highest BCUT2D eigenvalue weighted by atomic mass is 16.5. The first-order valence-electron chi connectivity index (χ1n) is 7.63. The number of aryl methyl sites for hydroxylation is 1. The lowest BCUT2D eigenvalue weighted by Crippen LogP contribution is -2.47. The molecule has 1 aromatic rings. The van der Waals surface area contributed by atoms with Crippen LogP contribution in [0.15, 0.2) is 30.9 Å². The Bertz CT molecular complexity index is 456. The van der Waals surface area contributed by atoms with Gasteiger partial charge < -0.3 is 15.2 Å². The monoisotopic (exact) mass is 290 g/mol. The van der Waals surface area contributed by atoms with Gasteiger partial charge in [0.2, 0.25) is 0 Å². The maximum atomic E-state index is 10.1. The molecule has 0 saturated carbocycles. The van der Waals surface area contributed by atoms with Crippen LogP contribution < -0.4 is 10.1 Å². The minimum absolute atomic E-state index is 0.330. The van der Waals surface area contributed by atoms with E-state index in [2.05, 4.69) is 29.8 Å². The molecule has 0 bridgehead atoms. The van der Waals surface area contributed by atoms with Gasteiger partial charge in [-0.25, -0.2) is 0 Å². The van der Waals surface area contributed by atoms with Gasteiger partial charge in [-0.15, -0.1) is 6.58 Å². The first-order valence-corrected chi connectivity index (χ1v) is 7.63. The van der Waals surface area contributed by atoms with Crippen LogP contribution in [0.1, 0.15) is 11.1 Å².